The van der Waals surface area contributed by atoms with Gasteiger partial charge < -0.3 is 10.8 Å². The summed E-state index contributed by atoms with van der Waals surface area (Å²) in [5.74, 6) is -0.636. The van der Waals surface area contributed by atoms with E-state index in [0.29, 0.717) is 0 Å². The maximum absolute atomic E-state index is 10.8. The van der Waals surface area contributed by atoms with E-state index in [9.17, 15) is 9.90 Å². The number of phenols is 1. The summed E-state index contributed by atoms with van der Waals surface area (Å²) in [5, 5.41) is 9.27. The molecular weight excluding hydrogens is 166 g/mol. The van der Waals surface area contributed by atoms with Crippen LogP contribution in [0.2, 0.25) is 0 Å². The lowest BCUT2D eigenvalue weighted by Crippen LogP contribution is -2.11. The van der Waals surface area contributed by atoms with Gasteiger partial charge in [0.25, 0.3) is 5.91 Å². The monoisotopic (exact) mass is 179 g/mol. The number of rotatable bonds is 3. The van der Waals surface area contributed by atoms with Gasteiger partial charge in [0.2, 0.25) is 0 Å². The highest BCUT2D eigenvalue weighted by Crippen LogP contribution is 2.18. The number of aryl methyl sites for hydroxylation is 1. The van der Waals surface area contributed by atoms with Crippen LogP contribution in [0, 0.1) is 0 Å². The molecule has 1 aromatic rings. The predicted molar refractivity (Wildman–Crippen MR) is 50.6 cm³/mol. The first-order chi connectivity index (χ1) is 6.15. The number of nitrogens with two attached hydrogens (primary N) is 1. The molecule has 0 heterocycles. The van der Waals surface area contributed by atoms with Crippen molar-refractivity contribution in [2.45, 2.75) is 19.8 Å². The van der Waals surface area contributed by atoms with Crippen LogP contribution >= 0.6 is 0 Å². The first-order valence-electron chi connectivity index (χ1n) is 4.27. The lowest BCUT2D eigenvalue weighted by molar-refractivity contribution is 0.0997. The number of aromatic hydroxyl groups is 1. The fourth-order valence-corrected chi connectivity index (χ4v) is 1.22. The van der Waals surface area contributed by atoms with E-state index in [4.69, 9.17) is 5.73 Å². The minimum atomic E-state index is -0.588. The predicted octanol–water partition coefficient (Wildman–Crippen LogP) is 1.44. The summed E-state index contributed by atoms with van der Waals surface area (Å²) in [6.45, 7) is 2.05. The van der Waals surface area contributed by atoms with Crippen LogP contribution in [0.3, 0.4) is 0 Å². The third-order valence-electron chi connectivity index (χ3n) is 1.87. The molecule has 0 bridgehead atoms. The average Bonchev–Trinajstić information content (AvgIpc) is 2.08. The molecule has 13 heavy (non-hydrogen) atoms. The van der Waals surface area contributed by atoms with Crippen LogP contribution in [0.25, 0.3) is 0 Å². The molecule has 0 aromatic heterocycles. The van der Waals surface area contributed by atoms with Gasteiger partial charge in [-0.25, -0.2) is 0 Å². The summed E-state index contributed by atoms with van der Waals surface area (Å²) in [4.78, 5) is 10.8. The van der Waals surface area contributed by atoms with Crippen molar-refractivity contribution >= 4 is 5.91 Å². The number of carbonyl (C=O) groups excluding carboxylic acids is 1. The fourth-order valence-electron chi connectivity index (χ4n) is 1.22. The lowest BCUT2D eigenvalue weighted by atomic mass is 10.1. The van der Waals surface area contributed by atoms with Gasteiger partial charge in [-0.15, -0.1) is 0 Å². The van der Waals surface area contributed by atoms with Crippen LogP contribution in [0.1, 0.15) is 29.3 Å². The summed E-state index contributed by atoms with van der Waals surface area (Å²) in [5.41, 5.74) is 6.30. The first kappa shape index (κ1) is 9.58. The summed E-state index contributed by atoms with van der Waals surface area (Å²) >= 11 is 0. The molecule has 1 amide bonds. The molecule has 0 aliphatic heterocycles. The topological polar surface area (TPSA) is 63.3 Å². The van der Waals surface area contributed by atoms with Crippen molar-refractivity contribution in [3.63, 3.8) is 0 Å². The third-order valence-corrected chi connectivity index (χ3v) is 1.87. The van der Waals surface area contributed by atoms with Gasteiger partial charge in [0.15, 0.2) is 0 Å². The summed E-state index contributed by atoms with van der Waals surface area (Å²) < 4.78 is 0. The maximum atomic E-state index is 10.8. The Hall–Kier alpha value is -1.51. The smallest absolute Gasteiger partial charge is 0.252 e. The number of hydrogen-bond acceptors (Lipinski definition) is 2. The fraction of sp³-hybridized carbons (Fsp3) is 0.300. The normalized spacial score (nSPS) is 9.92. The zero-order chi connectivity index (χ0) is 9.84. The molecule has 0 spiro atoms. The Labute approximate surface area is 77.2 Å². The molecule has 0 aliphatic carbocycles. The molecule has 3 nitrogen and oxygen atoms in total. The molecule has 3 heteroatoms. The van der Waals surface area contributed by atoms with E-state index in [1.165, 1.54) is 6.07 Å². The number of primary amides is 1. The highest BCUT2D eigenvalue weighted by molar-refractivity contribution is 5.95. The minimum absolute atomic E-state index is 0.0487. The van der Waals surface area contributed by atoms with Gasteiger partial charge >= 0.3 is 0 Å². The SMILES string of the molecule is CCCc1ccc(O)c(C(N)=O)c1. The van der Waals surface area contributed by atoms with Gasteiger partial charge in [-0.05, 0) is 24.1 Å². The second-order valence-electron chi connectivity index (χ2n) is 2.97. The van der Waals surface area contributed by atoms with Crippen LogP contribution in [-0.4, -0.2) is 11.0 Å². The first-order valence-corrected chi connectivity index (χ1v) is 4.27. The van der Waals surface area contributed by atoms with E-state index >= 15 is 0 Å². The van der Waals surface area contributed by atoms with Crippen LogP contribution in [0.5, 0.6) is 5.75 Å². The zero-order valence-electron chi connectivity index (χ0n) is 7.58. The number of hydrogen-bond donors (Lipinski definition) is 2. The second kappa shape index (κ2) is 3.94. The number of amides is 1. The van der Waals surface area contributed by atoms with Crippen molar-refractivity contribution in [1.82, 2.24) is 0 Å². The summed E-state index contributed by atoms with van der Waals surface area (Å²) in [7, 11) is 0. The third kappa shape index (κ3) is 2.21. The molecule has 0 saturated carbocycles. The van der Waals surface area contributed by atoms with Gasteiger partial charge in [-0.2, -0.15) is 0 Å². The van der Waals surface area contributed by atoms with Gasteiger partial charge in [0.05, 0.1) is 5.56 Å². The van der Waals surface area contributed by atoms with Crippen LogP contribution in [0.4, 0.5) is 0 Å². The van der Waals surface area contributed by atoms with E-state index < -0.39 is 5.91 Å². The standard InChI is InChI=1S/C10H13NO2/c1-2-3-7-4-5-9(12)8(6-7)10(11)13/h4-6,12H,2-3H2,1H3,(H2,11,13). The minimum Gasteiger partial charge on any atom is -0.507 e. The molecule has 1 rings (SSSR count). The average molecular weight is 179 g/mol. The Morgan fingerprint density at radius 3 is 2.77 bits per heavy atom. The summed E-state index contributed by atoms with van der Waals surface area (Å²) in [6.07, 6.45) is 1.89. The van der Waals surface area contributed by atoms with Crippen LogP contribution in [-0.2, 0) is 6.42 Å². The van der Waals surface area contributed by atoms with Crippen LogP contribution in [0.15, 0.2) is 18.2 Å². The molecular formula is C10H13NO2. The van der Waals surface area contributed by atoms with Crippen molar-refractivity contribution in [2.24, 2.45) is 5.73 Å². The van der Waals surface area contributed by atoms with Gasteiger partial charge in [0, 0.05) is 0 Å². The van der Waals surface area contributed by atoms with Gasteiger partial charge in [0.1, 0.15) is 5.75 Å². The van der Waals surface area contributed by atoms with E-state index in [0.717, 1.165) is 18.4 Å². The molecule has 0 saturated heterocycles. The zero-order valence-corrected chi connectivity index (χ0v) is 7.58. The van der Waals surface area contributed by atoms with Crippen molar-refractivity contribution in [3.05, 3.63) is 29.3 Å². The molecule has 0 atom stereocenters. The maximum Gasteiger partial charge on any atom is 0.252 e. The Kier molecular flexibility index (Phi) is 2.90. The lowest BCUT2D eigenvalue weighted by Gasteiger charge is -2.03. The van der Waals surface area contributed by atoms with Crippen molar-refractivity contribution < 1.29 is 9.90 Å². The molecule has 0 radical (unpaired) electrons. The molecule has 3 N–H and O–H groups in total. The summed E-state index contributed by atoms with van der Waals surface area (Å²) in [6, 6.07) is 4.94. The molecule has 70 valence electrons. The Balaban J connectivity index is 3.04. The number of benzene rings is 1. The van der Waals surface area contributed by atoms with Gasteiger partial charge in [-0.3, -0.25) is 4.79 Å². The molecule has 0 unspecified atom stereocenters. The highest BCUT2D eigenvalue weighted by atomic mass is 16.3. The quantitative estimate of drug-likeness (QED) is 0.737. The van der Waals surface area contributed by atoms with Crippen LogP contribution < -0.4 is 5.73 Å². The van der Waals surface area contributed by atoms with Crippen molar-refractivity contribution in [2.75, 3.05) is 0 Å². The second-order valence-corrected chi connectivity index (χ2v) is 2.97. The van der Waals surface area contributed by atoms with E-state index in [1.807, 2.05) is 0 Å². The Morgan fingerprint density at radius 1 is 1.54 bits per heavy atom. The Bertz CT molecular complexity index is 321. The Morgan fingerprint density at radius 2 is 2.23 bits per heavy atom. The molecule has 0 aliphatic rings. The molecule has 0 fully saturated rings. The van der Waals surface area contributed by atoms with Crippen molar-refractivity contribution in [3.8, 4) is 5.75 Å². The molecule has 1 aromatic carbocycles. The highest BCUT2D eigenvalue weighted by Gasteiger charge is 2.07. The van der Waals surface area contributed by atoms with Gasteiger partial charge in [-0.1, -0.05) is 19.4 Å². The van der Waals surface area contributed by atoms with E-state index in [1.54, 1.807) is 12.1 Å². The number of carbonyl (C=O) groups is 1. The van der Waals surface area contributed by atoms with E-state index in [2.05, 4.69) is 6.92 Å². The van der Waals surface area contributed by atoms with E-state index in [-0.39, 0.29) is 11.3 Å². The largest absolute Gasteiger partial charge is 0.507 e. The van der Waals surface area contributed by atoms with Crippen molar-refractivity contribution in [1.29, 1.82) is 0 Å².